The van der Waals surface area contributed by atoms with E-state index in [0.29, 0.717) is 35.8 Å². The normalized spacial score (nSPS) is 14.5. The van der Waals surface area contributed by atoms with Gasteiger partial charge in [0.25, 0.3) is 11.6 Å². The van der Waals surface area contributed by atoms with Crippen molar-refractivity contribution < 1.29 is 14.5 Å². The summed E-state index contributed by atoms with van der Waals surface area (Å²) in [6, 6.07) is 9.60. The van der Waals surface area contributed by atoms with Gasteiger partial charge in [-0.15, -0.1) is 0 Å². The Morgan fingerprint density at radius 3 is 2.59 bits per heavy atom. The van der Waals surface area contributed by atoms with Gasteiger partial charge in [-0.2, -0.15) is 0 Å². The topological polar surface area (TPSA) is 88.0 Å². The Morgan fingerprint density at radius 1 is 1.24 bits per heavy atom. The zero-order valence-electron chi connectivity index (χ0n) is 16.4. The first-order chi connectivity index (χ1) is 13.9. The van der Waals surface area contributed by atoms with Gasteiger partial charge in [-0.05, 0) is 30.8 Å². The minimum atomic E-state index is -0.443. The summed E-state index contributed by atoms with van der Waals surface area (Å²) < 4.78 is 5.15. The number of methoxy groups -OCH3 is 1. The SMILES string of the molecule is CCN1CCN(c2cc(NC(=O)c3cccc(OC)c3)c(Cl)cc2[N+](=O)[O-])CC1. The highest BCUT2D eigenvalue weighted by Crippen LogP contribution is 2.37. The highest BCUT2D eigenvalue weighted by Gasteiger charge is 2.26. The van der Waals surface area contributed by atoms with Crippen molar-refractivity contribution >= 4 is 34.6 Å². The average Bonchev–Trinajstić information content (AvgIpc) is 2.74. The van der Waals surface area contributed by atoms with Crippen LogP contribution in [0.1, 0.15) is 17.3 Å². The van der Waals surface area contributed by atoms with Gasteiger partial charge in [0.2, 0.25) is 0 Å². The van der Waals surface area contributed by atoms with Crippen LogP contribution in [0.15, 0.2) is 36.4 Å². The second-order valence-electron chi connectivity index (χ2n) is 6.69. The van der Waals surface area contributed by atoms with Gasteiger partial charge in [0.15, 0.2) is 0 Å². The number of nitro groups is 1. The van der Waals surface area contributed by atoms with E-state index in [-0.39, 0.29) is 16.6 Å². The van der Waals surface area contributed by atoms with Crippen LogP contribution < -0.4 is 15.0 Å². The van der Waals surface area contributed by atoms with E-state index < -0.39 is 4.92 Å². The van der Waals surface area contributed by atoms with Crippen LogP contribution in [0.5, 0.6) is 5.75 Å². The van der Waals surface area contributed by atoms with Crippen LogP contribution in [0, 0.1) is 10.1 Å². The van der Waals surface area contributed by atoms with E-state index >= 15 is 0 Å². The molecule has 2 aromatic carbocycles. The van der Waals surface area contributed by atoms with E-state index in [1.54, 1.807) is 30.3 Å². The van der Waals surface area contributed by atoms with Crippen LogP contribution in [-0.2, 0) is 0 Å². The minimum Gasteiger partial charge on any atom is -0.497 e. The number of rotatable bonds is 6. The number of hydrogen-bond donors (Lipinski definition) is 1. The first-order valence-electron chi connectivity index (χ1n) is 9.33. The largest absolute Gasteiger partial charge is 0.497 e. The number of carbonyl (C=O) groups is 1. The number of likely N-dealkylation sites (N-methyl/N-ethyl adjacent to an activating group) is 1. The molecule has 0 aromatic heterocycles. The number of halogens is 1. The van der Waals surface area contributed by atoms with Gasteiger partial charge in [-0.3, -0.25) is 14.9 Å². The van der Waals surface area contributed by atoms with E-state index in [0.717, 1.165) is 19.6 Å². The molecule has 1 amide bonds. The molecule has 1 aliphatic heterocycles. The summed E-state index contributed by atoms with van der Waals surface area (Å²) in [7, 11) is 1.52. The molecule has 29 heavy (non-hydrogen) atoms. The molecular weight excluding hydrogens is 396 g/mol. The third-order valence-electron chi connectivity index (χ3n) is 5.00. The molecule has 0 spiro atoms. The number of piperazine rings is 1. The monoisotopic (exact) mass is 418 g/mol. The van der Waals surface area contributed by atoms with Crippen molar-refractivity contribution in [2.24, 2.45) is 0 Å². The molecule has 9 heteroatoms. The van der Waals surface area contributed by atoms with Crippen LogP contribution in [0.4, 0.5) is 17.1 Å². The van der Waals surface area contributed by atoms with E-state index in [1.807, 2.05) is 4.90 Å². The number of nitrogens with one attached hydrogen (secondary N) is 1. The zero-order valence-corrected chi connectivity index (χ0v) is 17.1. The van der Waals surface area contributed by atoms with Gasteiger partial charge in [-0.25, -0.2) is 0 Å². The van der Waals surface area contributed by atoms with Gasteiger partial charge in [0.05, 0.1) is 22.7 Å². The Bertz CT molecular complexity index is 913. The molecule has 1 N–H and O–H groups in total. The third kappa shape index (κ3) is 4.78. The lowest BCUT2D eigenvalue weighted by molar-refractivity contribution is -0.384. The van der Waals surface area contributed by atoms with Crippen molar-refractivity contribution in [1.29, 1.82) is 0 Å². The van der Waals surface area contributed by atoms with E-state index in [4.69, 9.17) is 16.3 Å². The smallest absolute Gasteiger partial charge is 0.294 e. The molecule has 1 aliphatic rings. The highest BCUT2D eigenvalue weighted by atomic mass is 35.5. The van der Waals surface area contributed by atoms with Gasteiger partial charge < -0.3 is 19.9 Å². The maximum absolute atomic E-state index is 12.6. The van der Waals surface area contributed by atoms with Crippen LogP contribution in [0.2, 0.25) is 5.02 Å². The van der Waals surface area contributed by atoms with Crippen LogP contribution >= 0.6 is 11.6 Å². The van der Waals surface area contributed by atoms with Gasteiger partial charge in [0, 0.05) is 37.8 Å². The van der Waals surface area contributed by atoms with E-state index in [2.05, 4.69) is 17.1 Å². The Labute approximate surface area is 174 Å². The highest BCUT2D eigenvalue weighted by molar-refractivity contribution is 6.34. The van der Waals surface area contributed by atoms with Gasteiger partial charge in [0.1, 0.15) is 11.4 Å². The number of ether oxygens (including phenoxy) is 1. The fourth-order valence-corrected chi connectivity index (χ4v) is 3.52. The standard InChI is InChI=1S/C20H23ClN4O4/c1-3-23-7-9-24(10-8-23)18-13-17(16(21)12-19(18)25(27)28)22-20(26)14-5-4-6-15(11-14)29-2/h4-6,11-13H,3,7-10H2,1-2H3,(H,22,26). The molecule has 0 radical (unpaired) electrons. The van der Waals surface area contributed by atoms with Crippen molar-refractivity contribution in [3.8, 4) is 5.75 Å². The molecule has 154 valence electrons. The number of benzene rings is 2. The van der Waals surface area contributed by atoms with Crippen molar-refractivity contribution in [3.63, 3.8) is 0 Å². The molecule has 0 bridgehead atoms. The molecule has 1 fully saturated rings. The van der Waals surface area contributed by atoms with Crippen LogP contribution in [0.25, 0.3) is 0 Å². The van der Waals surface area contributed by atoms with Gasteiger partial charge >= 0.3 is 0 Å². The van der Waals surface area contributed by atoms with Crippen molar-refractivity contribution in [2.45, 2.75) is 6.92 Å². The summed E-state index contributed by atoms with van der Waals surface area (Å²) in [4.78, 5) is 28.0. The number of anilines is 2. The van der Waals surface area contributed by atoms with E-state index in [9.17, 15) is 14.9 Å². The van der Waals surface area contributed by atoms with Crippen molar-refractivity contribution in [1.82, 2.24) is 4.90 Å². The Hall–Kier alpha value is -2.84. The Kier molecular flexibility index (Phi) is 6.56. The number of hydrogen-bond acceptors (Lipinski definition) is 6. The molecule has 8 nitrogen and oxygen atoms in total. The number of amides is 1. The van der Waals surface area contributed by atoms with Crippen molar-refractivity contribution in [2.75, 3.05) is 50.1 Å². The first kappa shape index (κ1) is 20.9. The fraction of sp³-hybridized carbons (Fsp3) is 0.350. The number of nitro benzene ring substituents is 1. The third-order valence-corrected chi connectivity index (χ3v) is 5.31. The maximum Gasteiger partial charge on any atom is 0.294 e. The number of nitrogens with zero attached hydrogens (tertiary/aromatic N) is 3. The van der Waals surface area contributed by atoms with Gasteiger partial charge in [-0.1, -0.05) is 24.6 Å². The molecule has 0 atom stereocenters. The second kappa shape index (κ2) is 9.11. The molecule has 0 aliphatic carbocycles. The number of carbonyl (C=O) groups excluding carboxylic acids is 1. The molecule has 0 unspecified atom stereocenters. The quantitative estimate of drug-likeness (QED) is 0.569. The predicted octanol–water partition coefficient (Wildman–Crippen LogP) is 3.65. The summed E-state index contributed by atoms with van der Waals surface area (Å²) in [5.41, 5.74) is 1.12. The first-order valence-corrected chi connectivity index (χ1v) is 9.71. The maximum atomic E-state index is 12.6. The summed E-state index contributed by atoms with van der Waals surface area (Å²) in [5.74, 6) is 0.184. The Balaban J connectivity index is 1.89. The molecule has 3 rings (SSSR count). The van der Waals surface area contributed by atoms with Crippen LogP contribution in [0.3, 0.4) is 0 Å². The fourth-order valence-electron chi connectivity index (χ4n) is 3.31. The summed E-state index contributed by atoms with van der Waals surface area (Å²) in [6.45, 7) is 6.01. The zero-order chi connectivity index (χ0) is 21.0. The molecule has 2 aromatic rings. The second-order valence-corrected chi connectivity index (χ2v) is 7.09. The predicted molar refractivity (Wildman–Crippen MR) is 113 cm³/mol. The minimum absolute atomic E-state index is 0.0701. The molecule has 1 heterocycles. The lowest BCUT2D eigenvalue weighted by Crippen LogP contribution is -2.46. The molecular formula is C20H23ClN4O4. The lowest BCUT2D eigenvalue weighted by Gasteiger charge is -2.35. The lowest BCUT2D eigenvalue weighted by atomic mass is 10.1. The Morgan fingerprint density at radius 2 is 1.97 bits per heavy atom. The average molecular weight is 419 g/mol. The molecule has 0 saturated carbocycles. The van der Waals surface area contributed by atoms with Crippen molar-refractivity contribution in [3.05, 3.63) is 57.1 Å². The van der Waals surface area contributed by atoms with Crippen LogP contribution in [-0.4, -0.2) is 55.6 Å². The summed E-state index contributed by atoms with van der Waals surface area (Å²) >= 11 is 6.25. The molecule has 1 saturated heterocycles. The summed E-state index contributed by atoms with van der Waals surface area (Å²) in [5, 5.41) is 14.4. The summed E-state index contributed by atoms with van der Waals surface area (Å²) in [6.07, 6.45) is 0. The van der Waals surface area contributed by atoms with E-state index in [1.165, 1.54) is 13.2 Å².